The number of unbranched alkanes of at least 4 members (excludes halogenated alkanes) is 3. The number of hydrogen-bond donors (Lipinski definition) is 4. The standard InChI is InChI=1S/C30H52N2O10/c1-21(2)30(4,31-5)14-13-23(35)12-10-15-39-17-18-40-20-24(36)11-8-6-7-9-16-41-29-26(32-22(3)34)28(38)27(37)25(19-33)42-29/h21,25-29,33,37-38H,6-20H2,1-4H3,(H,32,34)/t25-,26-,27+,28-,29-,30?/m1/s1. The fourth-order valence-electron chi connectivity index (χ4n) is 4.43. The Bertz CT molecular complexity index is 848. The second kappa shape index (κ2) is 20.8. The number of rotatable bonds is 23. The molecule has 12 heteroatoms. The predicted octanol–water partition coefficient (Wildman–Crippen LogP) is 1.96. The highest BCUT2D eigenvalue weighted by molar-refractivity contribution is 5.79. The highest BCUT2D eigenvalue weighted by atomic mass is 16.7. The molecule has 242 valence electrons. The summed E-state index contributed by atoms with van der Waals surface area (Å²) in [6.07, 6.45) is 0.736. The number of nitrogens with zero attached hydrogens (tertiary/aromatic N) is 1. The molecule has 0 bridgehead atoms. The Labute approximate surface area is 250 Å². The molecule has 1 amide bonds. The van der Waals surface area contributed by atoms with Crippen LogP contribution in [0.15, 0.2) is 0 Å². The van der Waals surface area contributed by atoms with E-state index in [-0.39, 0.29) is 30.7 Å². The lowest BCUT2D eigenvalue weighted by Gasteiger charge is -2.42. The van der Waals surface area contributed by atoms with Gasteiger partial charge in [0.2, 0.25) is 11.4 Å². The minimum absolute atomic E-state index is 0.0148. The smallest absolute Gasteiger partial charge is 0.232 e. The topological polar surface area (TPSA) is 165 Å². The molecule has 42 heavy (non-hydrogen) atoms. The van der Waals surface area contributed by atoms with Crippen molar-refractivity contribution >= 4 is 17.5 Å². The van der Waals surface area contributed by atoms with Crippen LogP contribution < -0.4 is 5.32 Å². The molecule has 1 saturated heterocycles. The summed E-state index contributed by atoms with van der Waals surface area (Å²) in [4.78, 5) is 39.3. The SMILES string of the molecule is [C-]#[N+]C(C)(CCC(=O)CCCOCCOCC(=O)CCCCCCO[C@@H]1O[C@H](CO)[C@H](O)[C@H](O)[C@H]1NC(C)=O)C(C)C. The average molecular weight is 601 g/mol. The molecule has 1 rings (SSSR count). The van der Waals surface area contributed by atoms with Gasteiger partial charge in [-0.1, -0.05) is 26.7 Å². The summed E-state index contributed by atoms with van der Waals surface area (Å²) < 4.78 is 22.1. The molecule has 0 radical (unpaired) electrons. The summed E-state index contributed by atoms with van der Waals surface area (Å²) in [5.74, 6) is -0.0415. The van der Waals surface area contributed by atoms with E-state index >= 15 is 0 Å². The number of carbonyl (C=O) groups excluding carboxylic acids is 3. The normalized spacial score (nSPS) is 23.7. The molecule has 1 heterocycles. The van der Waals surface area contributed by atoms with Crippen molar-refractivity contribution in [2.24, 2.45) is 5.92 Å². The van der Waals surface area contributed by atoms with Gasteiger partial charge in [0, 0.05) is 58.7 Å². The van der Waals surface area contributed by atoms with Crippen LogP contribution in [0.5, 0.6) is 0 Å². The van der Waals surface area contributed by atoms with Crippen molar-refractivity contribution in [1.29, 1.82) is 0 Å². The Morgan fingerprint density at radius 3 is 2.24 bits per heavy atom. The number of amides is 1. The van der Waals surface area contributed by atoms with E-state index in [0.29, 0.717) is 64.8 Å². The average Bonchev–Trinajstić information content (AvgIpc) is 2.95. The molecule has 1 aliphatic rings. The van der Waals surface area contributed by atoms with E-state index in [2.05, 4.69) is 10.2 Å². The minimum atomic E-state index is -1.35. The third-order valence-corrected chi connectivity index (χ3v) is 7.67. The molecule has 1 aliphatic heterocycles. The maximum atomic E-state index is 12.1. The molecule has 0 aromatic heterocycles. The summed E-state index contributed by atoms with van der Waals surface area (Å²) in [5, 5.41) is 32.2. The van der Waals surface area contributed by atoms with Crippen LogP contribution in [0, 0.1) is 12.5 Å². The third-order valence-electron chi connectivity index (χ3n) is 7.67. The second-order valence-corrected chi connectivity index (χ2v) is 11.4. The first-order valence-corrected chi connectivity index (χ1v) is 15.0. The molecule has 12 nitrogen and oxygen atoms in total. The van der Waals surface area contributed by atoms with Gasteiger partial charge in [-0.05, 0) is 19.3 Å². The van der Waals surface area contributed by atoms with Gasteiger partial charge in [-0.25, -0.2) is 6.57 Å². The van der Waals surface area contributed by atoms with Crippen LogP contribution in [0.4, 0.5) is 0 Å². The highest BCUT2D eigenvalue weighted by Crippen LogP contribution is 2.27. The first kappa shape index (κ1) is 38.0. The van der Waals surface area contributed by atoms with Crippen molar-refractivity contribution in [2.45, 2.75) is 122 Å². The zero-order valence-electron chi connectivity index (χ0n) is 25.7. The van der Waals surface area contributed by atoms with Crippen LogP contribution in [0.2, 0.25) is 0 Å². The molecule has 0 aliphatic carbocycles. The minimum Gasteiger partial charge on any atom is -0.394 e. The van der Waals surface area contributed by atoms with Gasteiger partial charge in [-0.2, -0.15) is 0 Å². The maximum Gasteiger partial charge on any atom is 0.232 e. The van der Waals surface area contributed by atoms with Gasteiger partial charge in [0.25, 0.3) is 0 Å². The summed E-state index contributed by atoms with van der Waals surface area (Å²) in [6.45, 7) is 15.5. The summed E-state index contributed by atoms with van der Waals surface area (Å²) in [5.41, 5.74) is -0.495. The van der Waals surface area contributed by atoms with E-state index in [4.69, 9.17) is 25.5 Å². The van der Waals surface area contributed by atoms with E-state index in [1.165, 1.54) is 6.92 Å². The van der Waals surface area contributed by atoms with Crippen molar-refractivity contribution in [3.63, 3.8) is 0 Å². The van der Waals surface area contributed by atoms with Crippen LogP contribution in [-0.4, -0.2) is 109 Å². The molecule has 1 fully saturated rings. The van der Waals surface area contributed by atoms with Crippen LogP contribution in [-0.2, 0) is 33.3 Å². The second-order valence-electron chi connectivity index (χ2n) is 11.4. The quantitative estimate of drug-likeness (QED) is 0.101. The fourth-order valence-corrected chi connectivity index (χ4v) is 4.43. The van der Waals surface area contributed by atoms with Crippen molar-refractivity contribution in [1.82, 2.24) is 5.32 Å². The molecule has 1 unspecified atom stereocenters. The lowest BCUT2D eigenvalue weighted by molar-refractivity contribution is -0.270. The molecule has 0 aromatic rings. The van der Waals surface area contributed by atoms with Crippen molar-refractivity contribution in [2.75, 3.05) is 39.6 Å². The lowest BCUT2D eigenvalue weighted by Crippen LogP contribution is -2.64. The fraction of sp³-hybridized carbons (Fsp3) is 0.867. The lowest BCUT2D eigenvalue weighted by atomic mass is 9.84. The Hall–Kier alpha value is -1.98. The summed E-state index contributed by atoms with van der Waals surface area (Å²) >= 11 is 0. The predicted molar refractivity (Wildman–Crippen MR) is 154 cm³/mol. The number of ketones is 2. The monoisotopic (exact) mass is 600 g/mol. The van der Waals surface area contributed by atoms with Crippen LogP contribution in [0.1, 0.15) is 85.5 Å². The Balaban J connectivity index is 2.05. The largest absolute Gasteiger partial charge is 0.394 e. The van der Waals surface area contributed by atoms with Gasteiger partial charge in [0.15, 0.2) is 12.1 Å². The number of nitrogens with one attached hydrogen (secondary N) is 1. The molecule has 4 N–H and O–H groups in total. The van der Waals surface area contributed by atoms with Crippen molar-refractivity contribution in [3.05, 3.63) is 11.4 Å². The molecule has 0 saturated carbocycles. The van der Waals surface area contributed by atoms with E-state index in [9.17, 15) is 29.7 Å². The van der Waals surface area contributed by atoms with Crippen molar-refractivity contribution in [3.8, 4) is 0 Å². The number of Topliss-reactive ketones (excluding diaryl/α,β-unsaturated/α-hetero) is 2. The van der Waals surface area contributed by atoms with Gasteiger partial charge < -0.3 is 44.4 Å². The zero-order valence-corrected chi connectivity index (χ0v) is 25.7. The summed E-state index contributed by atoms with van der Waals surface area (Å²) in [7, 11) is 0. The number of carbonyl (C=O) groups is 3. The number of hydrogen-bond acceptors (Lipinski definition) is 10. The molecule has 0 spiro atoms. The zero-order chi connectivity index (χ0) is 31.5. The third kappa shape index (κ3) is 14.5. The van der Waals surface area contributed by atoms with Crippen LogP contribution in [0.3, 0.4) is 0 Å². The highest BCUT2D eigenvalue weighted by Gasteiger charge is 2.45. The van der Waals surface area contributed by atoms with Crippen molar-refractivity contribution < 1.29 is 48.7 Å². The van der Waals surface area contributed by atoms with Gasteiger partial charge in [-0.3, -0.25) is 14.4 Å². The van der Waals surface area contributed by atoms with Gasteiger partial charge >= 0.3 is 0 Å². The first-order valence-electron chi connectivity index (χ1n) is 15.0. The van der Waals surface area contributed by atoms with E-state index in [1.54, 1.807) is 0 Å². The molecular formula is C30H52N2O10. The van der Waals surface area contributed by atoms with Crippen LogP contribution in [0.25, 0.3) is 4.85 Å². The Kier molecular flexibility index (Phi) is 18.9. The summed E-state index contributed by atoms with van der Waals surface area (Å²) in [6, 6.07) is -0.958. The van der Waals surface area contributed by atoms with E-state index in [1.807, 2.05) is 20.8 Å². The Morgan fingerprint density at radius 2 is 1.60 bits per heavy atom. The van der Waals surface area contributed by atoms with Gasteiger partial charge in [-0.15, -0.1) is 0 Å². The number of aliphatic hydroxyl groups is 3. The van der Waals surface area contributed by atoms with Gasteiger partial charge in [0.05, 0.1) is 19.8 Å². The Morgan fingerprint density at radius 1 is 0.929 bits per heavy atom. The molecule has 0 aromatic carbocycles. The van der Waals surface area contributed by atoms with E-state index in [0.717, 1.165) is 12.8 Å². The number of aliphatic hydroxyl groups excluding tert-OH is 3. The first-order chi connectivity index (χ1) is 19.9. The van der Waals surface area contributed by atoms with Crippen LogP contribution >= 0.6 is 0 Å². The van der Waals surface area contributed by atoms with E-state index < -0.39 is 48.7 Å². The molecular weight excluding hydrogens is 548 g/mol. The maximum absolute atomic E-state index is 12.1. The van der Waals surface area contributed by atoms with Gasteiger partial charge in [0.1, 0.15) is 36.7 Å². The number of ether oxygens (including phenoxy) is 4. The molecule has 6 atom stereocenters.